The number of thiophene rings is 1. The molecule has 2 heterocycles. The zero-order chi connectivity index (χ0) is 16.4. The Morgan fingerprint density at radius 2 is 2.26 bits per heavy atom. The molecule has 1 N–H and O–H groups in total. The Balaban J connectivity index is 1.85. The number of hydrogen-bond donors (Lipinski definition) is 1. The Kier molecular flexibility index (Phi) is 4.06. The lowest BCUT2D eigenvalue weighted by Gasteiger charge is -2.31. The van der Waals surface area contributed by atoms with Gasteiger partial charge in [-0.15, -0.1) is 11.3 Å². The summed E-state index contributed by atoms with van der Waals surface area (Å²) in [4.78, 5) is 27.6. The van der Waals surface area contributed by atoms with Crippen LogP contribution in [0.5, 0.6) is 0 Å². The first-order chi connectivity index (χ1) is 11.1. The SMILES string of the molecule is N#CCC[C@H](C#N)CN1C(=O)N[C@@]2(CCCc3sccc32)C1=O. The zero-order valence-corrected chi connectivity index (χ0v) is 13.4. The highest BCUT2D eigenvalue weighted by molar-refractivity contribution is 7.10. The van der Waals surface area contributed by atoms with Gasteiger partial charge >= 0.3 is 6.03 Å². The largest absolute Gasteiger partial charge is 0.325 e. The molecule has 1 fully saturated rings. The van der Waals surface area contributed by atoms with Crippen LogP contribution in [0.3, 0.4) is 0 Å². The lowest BCUT2D eigenvalue weighted by atomic mass is 9.80. The fourth-order valence-electron chi connectivity index (χ4n) is 3.36. The Labute approximate surface area is 138 Å². The van der Waals surface area contributed by atoms with Crippen molar-refractivity contribution >= 4 is 23.3 Å². The summed E-state index contributed by atoms with van der Waals surface area (Å²) in [7, 11) is 0. The molecule has 1 aliphatic carbocycles. The van der Waals surface area contributed by atoms with E-state index in [2.05, 4.69) is 11.4 Å². The van der Waals surface area contributed by atoms with Gasteiger partial charge in [-0.2, -0.15) is 10.5 Å². The van der Waals surface area contributed by atoms with Gasteiger partial charge < -0.3 is 5.32 Å². The molecule has 7 heteroatoms. The minimum Gasteiger partial charge on any atom is -0.319 e. The van der Waals surface area contributed by atoms with E-state index in [-0.39, 0.29) is 18.9 Å². The first-order valence-electron chi connectivity index (χ1n) is 7.60. The smallest absolute Gasteiger partial charge is 0.319 e. The van der Waals surface area contributed by atoms with Gasteiger partial charge in [0.2, 0.25) is 0 Å². The number of amides is 3. The Bertz CT molecular complexity index is 729. The summed E-state index contributed by atoms with van der Waals surface area (Å²) >= 11 is 1.61. The highest BCUT2D eigenvalue weighted by Gasteiger charge is 2.54. The van der Waals surface area contributed by atoms with Crippen molar-refractivity contribution < 1.29 is 9.59 Å². The van der Waals surface area contributed by atoms with E-state index in [9.17, 15) is 14.9 Å². The van der Waals surface area contributed by atoms with Gasteiger partial charge in [0.1, 0.15) is 5.54 Å². The minimum atomic E-state index is -0.958. The van der Waals surface area contributed by atoms with Gasteiger partial charge in [-0.25, -0.2) is 4.79 Å². The van der Waals surface area contributed by atoms with Crippen molar-refractivity contribution in [3.8, 4) is 12.1 Å². The number of urea groups is 1. The van der Waals surface area contributed by atoms with Crippen LogP contribution >= 0.6 is 11.3 Å². The number of nitrogens with zero attached hydrogens (tertiary/aromatic N) is 3. The van der Waals surface area contributed by atoms with Gasteiger partial charge in [0.05, 0.1) is 18.1 Å². The van der Waals surface area contributed by atoms with Crippen LogP contribution in [0.25, 0.3) is 0 Å². The first kappa shape index (κ1) is 15.5. The van der Waals surface area contributed by atoms with Gasteiger partial charge in [0.15, 0.2) is 0 Å². The molecule has 1 spiro atoms. The van der Waals surface area contributed by atoms with Crippen molar-refractivity contribution in [3.63, 3.8) is 0 Å². The Morgan fingerprint density at radius 1 is 1.43 bits per heavy atom. The van der Waals surface area contributed by atoms with Crippen LogP contribution in [0.1, 0.15) is 36.1 Å². The van der Waals surface area contributed by atoms with Crippen LogP contribution in [-0.4, -0.2) is 23.4 Å². The number of fused-ring (bicyclic) bond motifs is 2. The fourth-order valence-corrected chi connectivity index (χ4v) is 4.36. The van der Waals surface area contributed by atoms with Crippen molar-refractivity contribution in [2.24, 2.45) is 5.92 Å². The molecule has 0 unspecified atom stereocenters. The van der Waals surface area contributed by atoms with E-state index in [1.807, 2.05) is 17.5 Å². The molecule has 1 aliphatic heterocycles. The molecule has 0 bridgehead atoms. The Hall–Kier alpha value is -2.38. The third-order valence-corrected chi connectivity index (χ3v) is 5.51. The third-order valence-electron chi connectivity index (χ3n) is 4.53. The van der Waals surface area contributed by atoms with E-state index >= 15 is 0 Å². The number of aryl methyl sites for hydroxylation is 1. The van der Waals surface area contributed by atoms with Crippen molar-refractivity contribution in [3.05, 3.63) is 21.9 Å². The molecule has 1 saturated heterocycles. The number of nitriles is 2. The minimum absolute atomic E-state index is 0.0457. The summed E-state index contributed by atoms with van der Waals surface area (Å²) < 4.78 is 0. The summed E-state index contributed by atoms with van der Waals surface area (Å²) in [6, 6.07) is 5.56. The Morgan fingerprint density at radius 3 is 3.00 bits per heavy atom. The number of rotatable bonds is 4. The fraction of sp³-hybridized carbons (Fsp3) is 0.500. The van der Waals surface area contributed by atoms with E-state index < -0.39 is 17.5 Å². The zero-order valence-electron chi connectivity index (χ0n) is 12.5. The van der Waals surface area contributed by atoms with Gasteiger partial charge in [0.25, 0.3) is 5.91 Å². The van der Waals surface area contributed by atoms with Crippen molar-refractivity contribution in [2.75, 3.05) is 6.54 Å². The van der Waals surface area contributed by atoms with Crippen LogP contribution in [0, 0.1) is 28.6 Å². The molecular weight excluding hydrogens is 312 g/mol. The van der Waals surface area contributed by atoms with Crippen molar-refractivity contribution in [1.82, 2.24) is 10.2 Å². The molecule has 2 atom stereocenters. The van der Waals surface area contributed by atoms with Gasteiger partial charge in [0, 0.05) is 23.4 Å². The predicted molar refractivity (Wildman–Crippen MR) is 83.1 cm³/mol. The third kappa shape index (κ3) is 2.47. The molecule has 118 valence electrons. The molecule has 0 radical (unpaired) electrons. The molecule has 1 aromatic rings. The number of hydrogen-bond acceptors (Lipinski definition) is 5. The van der Waals surface area contributed by atoms with Crippen LogP contribution in [0.4, 0.5) is 4.79 Å². The summed E-state index contributed by atoms with van der Waals surface area (Å²) in [5, 5.41) is 22.6. The second-order valence-electron chi connectivity index (χ2n) is 5.89. The van der Waals surface area contributed by atoms with Gasteiger partial charge in [-0.05, 0) is 37.1 Å². The second kappa shape index (κ2) is 6.02. The lowest BCUT2D eigenvalue weighted by molar-refractivity contribution is -0.132. The standard InChI is InChI=1S/C16H16N4O2S/c17-7-2-3-11(9-18)10-20-14(21)16(19-15(20)22)6-1-4-13-12(16)5-8-23-13/h5,8,11H,1-4,6,10H2,(H,19,22)/t11-,16-/m1/s1. The molecule has 1 aromatic heterocycles. The highest BCUT2D eigenvalue weighted by Crippen LogP contribution is 2.42. The average Bonchev–Trinajstić information content (AvgIpc) is 3.11. The highest BCUT2D eigenvalue weighted by atomic mass is 32.1. The number of carbonyl (C=O) groups is 2. The summed E-state index contributed by atoms with van der Waals surface area (Å²) in [5.41, 5.74) is -0.0555. The molecule has 0 aromatic carbocycles. The maximum Gasteiger partial charge on any atom is 0.325 e. The maximum absolute atomic E-state index is 13.0. The average molecular weight is 328 g/mol. The quantitative estimate of drug-likeness (QED) is 0.857. The van der Waals surface area contributed by atoms with E-state index in [4.69, 9.17) is 5.26 Å². The van der Waals surface area contributed by atoms with E-state index in [1.165, 1.54) is 0 Å². The van der Waals surface area contributed by atoms with Crippen molar-refractivity contribution in [2.45, 2.75) is 37.6 Å². The molecule has 3 amide bonds. The topological polar surface area (TPSA) is 97.0 Å². The number of carbonyl (C=O) groups excluding carboxylic acids is 2. The molecule has 6 nitrogen and oxygen atoms in total. The normalized spacial score (nSPS) is 24.0. The summed E-state index contributed by atoms with van der Waals surface area (Å²) in [5.74, 6) is -0.774. The summed E-state index contributed by atoms with van der Waals surface area (Å²) in [6.07, 6.45) is 2.97. The van der Waals surface area contributed by atoms with Crippen LogP contribution in [0.2, 0.25) is 0 Å². The van der Waals surface area contributed by atoms with Crippen LogP contribution in [-0.2, 0) is 16.8 Å². The molecule has 0 saturated carbocycles. The van der Waals surface area contributed by atoms with Crippen LogP contribution < -0.4 is 5.32 Å². The van der Waals surface area contributed by atoms with Crippen LogP contribution in [0.15, 0.2) is 11.4 Å². The van der Waals surface area contributed by atoms with Gasteiger partial charge in [-0.3, -0.25) is 9.69 Å². The van der Waals surface area contributed by atoms with E-state index in [1.54, 1.807) is 11.3 Å². The van der Waals surface area contributed by atoms with E-state index in [0.717, 1.165) is 28.2 Å². The lowest BCUT2D eigenvalue weighted by Crippen LogP contribution is -2.46. The van der Waals surface area contributed by atoms with E-state index in [0.29, 0.717) is 12.8 Å². The second-order valence-corrected chi connectivity index (χ2v) is 6.89. The molecule has 3 rings (SSSR count). The predicted octanol–water partition coefficient (Wildman–Crippen LogP) is 2.28. The molecule has 23 heavy (non-hydrogen) atoms. The first-order valence-corrected chi connectivity index (χ1v) is 8.48. The summed E-state index contributed by atoms with van der Waals surface area (Å²) in [6.45, 7) is 0.0457. The number of imide groups is 1. The molecule has 2 aliphatic rings. The van der Waals surface area contributed by atoms with Crippen molar-refractivity contribution in [1.29, 1.82) is 10.5 Å². The maximum atomic E-state index is 13.0. The number of nitrogens with one attached hydrogen (secondary N) is 1. The molecular formula is C16H16N4O2S. The van der Waals surface area contributed by atoms with Gasteiger partial charge in [-0.1, -0.05) is 0 Å². The monoisotopic (exact) mass is 328 g/mol.